The number of hydrogen-bond acceptors (Lipinski definition) is 8. The van der Waals surface area contributed by atoms with Crippen LogP contribution in [0.15, 0.2) is 42.6 Å². The fraction of sp³-hybridized carbons (Fsp3) is 0.385. The molecule has 1 amide bonds. The van der Waals surface area contributed by atoms with Crippen LogP contribution in [0.2, 0.25) is 5.02 Å². The van der Waals surface area contributed by atoms with E-state index in [4.69, 9.17) is 27.4 Å². The lowest BCUT2D eigenvalue weighted by Crippen LogP contribution is -2.48. The summed E-state index contributed by atoms with van der Waals surface area (Å²) in [5.74, 6) is 5.24. The van der Waals surface area contributed by atoms with Crippen molar-refractivity contribution in [1.29, 1.82) is 0 Å². The standard InChI is InChI=1S/C26H27ClF4N8O/c27-19-14-17(3-4-20(19)28)21-15-22(35-25(34-21)39-8-5-16(6-9-39)24(40)36-32)37-10-12-38(13-11-37)23-18(26(29,30)31)2-1-7-33-23/h1-4,7,14-16H,5-6,8-13,32H2,(H,36,40). The number of aromatic nitrogens is 3. The van der Waals surface area contributed by atoms with Crippen molar-refractivity contribution in [3.8, 4) is 11.3 Å². The Balaban J connectivity index is 1.41. The van der Waals surface area contributed by atoms with Gasteiger partial charge in [-0.15, -0.1) is 0 Å². The van der Waals surface area contributed by atoms with Crippen molar-refractivity contribution in [2.75, 3.05) is 54.0 Å². The highest BCUT2D eigenvalue weighted by Gasteiger charge is 2.36. The fourth-order valence-corrected chi connectivity index (χ4v) is 5.19. The molecule has 40 heavy (non-hydrogen) atoms. The Hall–Kier alpha value is -3.71. The van der Waals surface area contributed by atoms with Crippen molar-refractivity contribution >= 4 is 35.1 Å². The summed E-state index contributed by atoms with van der Waals surface area (Å²) in [5, 5.41) is -0.0442. The number of benzene rings is 1. The Morgan fingerprint density at radius 3 is 2.33 bits per heavy atom. The number of amides is 1. The number of anilines is 3. The molecule has 1 aromatic carbocycles. The van der Waals surface area contributed by atoms with Gasteiger partial charge in [-0.25, -0.2) is 20.2 Å². The normalized spacial score (nSPS) is 16.8. The highest BCUT2D eigenvalue weighted by molar-refractivity contribution is 6.31. The SMILES string of the molecule is NNC(=O)C1CCN(c2nc(-c3ccc(F)c(Cl)c3)cc(N3CCN(c4ncccc4C(F)(F)F)CC3)n2)CC1. The molecule has 9 nitrogen and oxygen atoms in total. The van der Waals surface area contributed by atoms with Crippen LogP contribution in [0.25, 0.3) is 11.3 Å². The zero-order valence-electron chi connectivity index (χ0n) is 21.3. The Morgan fingerprint density at radius 1 is 0.975 bits per heavy atom. The molecule has 3 N–H and O–H groups in total. The number of nitrogens with one attached hydrogen (secondary N) is 1. The third-order valence-electron chi connectivity index (χ3n) is 7.20. The van der Waals surface area contributed by atoms with E-state index in [9.17, 15) is 22.4 Å². The van der Waals surface area contributed by atoms with Crippen LogP contribution in [0.1, 0.15) is 18.4 Å². The summed E-state index contributed by atoms with van der Waals surface area (Å²) in [6.07, 6.45) is -2.02. The van der Waals surface area contributed by atoms with Crippen LogP contribution < -0.4 is 26.0 Å². The van der Waals surface area contributed by atoms with E-state index in [0.717, 1.165) is 6.07 Å². The van der Waals surface area contributed by atoms with Crippen LogP contribution in [0.4, 0.5) is 35.1 Å². The Bertz CT molecular complexity index is 1380. The molecule has 5 rings (SSSR count). The average molecular weight is 579 g/mol. The second-order valence-corrected chi connectivity index (χ2v) is 10.1. The predicted molar refractivity (Wildman–Crippen MR) is 143 cm³/mol. The van der Waals surface area contributed by atoms with Gasteiger partial charge in [0.1, 0.15) is 17.5 Å². The van der Waals surface area contributed by atoms with E-state index in [0.29, 0.717) is 75.1 Å². The maximum atomic E-state index is 13.9. The number of carbonyl (C=O) groups is 1. The zero-order chi connectivity index (χ0) is 28.4. The number of hydrogen-bond donors (Lipinski definition) is 2. The lowest BCUT2D eigenvalue weighted by atomic mass is 9.96. The molecule has 2 aliphatic rings. The molecule has 2 aromatic heterocycles. The Morgan fingerprint density at radius 2 is 1.68 bits per heavy atom. The second-order valence-electron chi connectivity index (χ2n) is 9.66. The first-order valence-electron chi connectivity index (χ1n) is 12.8. The number of pyridine rings is 1. The molecule has 0 radical (unpaired) electrons. The van der Waals surface area contributed by atoms with Crippen LogP contribution in [0.5, 0.6) is 0 Å². The van der Waals surface area contributed by atoms with Crippen molar-refractivity contribution < 1.29 is 22.4 Å². The fourth-order valence-electron chi connectivity index (χ4n) is 5.01. The van der Waals surface area contributed by atoms with Crippen LogP contribution in [-0.4, -0.2) is 60.1 Å². The molecule has 212 valence electrons. The van der Waals surface area contributed by atoms with Crippen LogP contribution >= 0.6 is 11.6 Å². The molecular weight excluding hydrogens is 552 g/mol. The maximum Gasteiger partial charge on any atom is 0.419 e. The number of alkyl halides is 3. The van der Waals surface area contributed by atoms with Gasteiger partial charge in [0.15, 0.2) is 0 Å². The van der Waals surface area contributed by atoms with E-state index in [2.05, 4.69) is 10.4 Å². The van der Waals surface area contributed by atoms with Gasteiger partial charge in [0.05, 0.1) is 16.3 Å². The number of nitrogens with zero attached hydrogens (tertiary/aromatic N) is 6. The van der Waals surface area contributed by atoms with E-state index >= 15 is 0 Å². The van der Waals surface area contributed by atoms with E-state index in [1.807, 2.05) is 9.80 Å². The van der Waals surface area contributed by atoms with Gasteiger partial charge in [-0.05, 0) is 43.2 Å². The molecule has 2 saturated heterocycles. The van der Waals surface area contributed by atoms with Crippen LogP contribution in [0.3, 0.4) is 0 Å². The number of carbonyl (C=O) groups excluding carboxylic acids is 1. The zero-order valence-corrected chi connectivity index (χ0v) is 22.1. The highest BCUT2D eigenvalue weighted by Crippen LogP contribution is 2.36. The minimum atomic E-state index is -4.51. The summed E-state index contributed by atoms with van der Waals surface area (Å²) < 4.78 is 54.5. The predicted octanol–water partition coefficient (Wildman–Crippen LogP) is 3.88. The smallest absolute Gasteiger partial charge is 0.353 e. The van der Waals surface area contributed by atoms with Gasteiger partial charge in [0.25, 0.3) is 0 Å². The van der Waals surface area contributed by atoms with Gasteiger partial charge >= 0.3 is 6.18 Å². The van der Waals surface area contributed by atoms with Crippen LogP contribution in [0, 0.1) is 11.7 Å². The average Bonchev–Trinajstić information content (AvgIpc) is 2.97. The largest absolute Gasteiger partial charge is 0.419 e. The van der Waals surface area contributed by atoms with Gasteiger partial charge < -0.3 is 14.7 Å². The van der Waals surface area contributed by atoms with Gasteiger partial charge in [0, 0.05) is 63.0 Å². The molecule has 0 atom stereocenters. The summed E-state index contributed by atoms with van der Waals surface area (Å²) in [7, 11) is 0. The minimum absolute atomic E-state index is 0.0442. The summed E-state index contributed by atoms with van der Waals surface area (Å²) >= 11 is 6.04. The summed E-state index contributed by atoms with van der Waals surface area (Å²) in [4.78, 5) is 31.0. The van der Waals surface area contributed by atoms with Gasteiger partial charge in [0.2, 0.25) is 11.9 Å². The molecule has 4 heterocycles. The maximum absolute atomic E-state index is 13.9. The summed E-state index contributed by atoms with van der Waals surface area (Å²) in [6, 6.07) is 8.40. The van der Waals surface area contributed by atoms with Crippen molar-refractivity contribution in [2.45, 2.75) is 19.0 Å². The molecule has 0 unspecified atom stereocenters. The number of hydrazine groups is 1. The first-order valence-corrected chi connectivity index (χ1v) is 13.1. The number of nitrogens with two attached hydrogens (primary N) is 1. The molecule has 2 fully saturated rings. The third kappa shape index (κ3) is 5.89. The monoisotopic (exact) mass is 578 g/mol. The first kappa shape index (κ1) is 27.8. The third-order valence-corrected chi connectivity index (χ3v) is 7.49. The lowest BCUT2D eigenvalue weighted by molar-refractivity contribution is -0.137. The van der Waals surface area contributed by atoms with E-state index in [1.165, 1.54) is 24.4 Å². The molecule has 14 heteroatoms. The quantitative estimate of drug-likeness (QED) is 0.203. The minimum Gasteiger partial charge on any atom is -0.353 e. The van der Waals surface area contributed by atoms with Crippen molar-refractivity contribution in [2.24, 2.45) is 11.8 Å². The van der Waals surface area contributed by atoms with Gasteiger partial charge in [-0.3, -0.25) is 10.2 Å². The number of halogens is 5. The van der Waals surface area contributed by atoms with E-state index in [-0.39, 0.29) is 22.7 Å². The second kappa shape index (κ2) is 11.4. The van der Waals surface area contributed by atoms with Crippen LogP contribution in [-0.2, 0) is 11.0 Å². The molecule has 0 bridgehead atoms. The van der Waals surface area contributed by atoms with Crippen molar-refractivity contribution in [3.05, 3.63) is 59.0 Å². The number of rotatable bonds is 5. The molecular formula is C26H27ClF4N8O. The van der Waals surface area contributed by atoms with Crippen molar-refractivity contribution in [3.63, 3.8) is 0 Å². The molecule has 0 saturated carbocycles. The molecule has 0 aliphatic carbocycles. The summed E-state index contributed by atoms with van der Waals surface area (Å²) in [5.41, 5.74) is 2.55. The Kier molecular flexibility index (Phi) is 7.95. The van der Waals surface area contributed by atoms with E-state index < -0.39 is 17.6 Å². The van der Waals surface area contributed by atoms with Gasteiger partial charge in [-0.2, -0.15) is 18.2 Å². The number of piperidine rings is 1. The summed E-state index contributed by atoms with van der Waals surface area (Å²) in [6.45, 7) is 2.45. The van der Waals surface area contributed by atoms with Gasteiger partial charge in [-0.1, -0.05) is 11.6 Å². The first-order chi connectivity index (χ1) is 19.1. The molecule has 3 aromatic rings. The lowest BCUT2D eigenvalue weighted by Gasteiger charge is -2.37. The van der Waals surface area contributed by atoms with E-state index in [1.54, 1.807) is 17.0 Å². The number of piperazine rings is 1. The van der Waals surface area contributed by atoms with Crippen molar-refractivity contribution in [1.82, 2.24) is 20.4 Å². The molecule has 2 aliphatic heterocycles. The highest BCUT2D eigenvalue weighted by atomic mass is 35.5. The Labute approximate surface area is 232 Å². The topological polar surface area (TPSA) is 104 Å². The molecule has 0 spiro atoms.